The average molecular weight is 485 g/mol. The fraction of sp³-hybridized carbons (Fsp3) is 0.400. The van der Waals surface area contributed by atoms with Crippen molar-refractivity contribution in [3.8, 4) is 16.9 Å². The highest BCUT2D eigenvalue weighted by Crippen LogP contribution is 2.39. The second-order valence-electron chi connectivity index (χ2n) is 8.91. The van der Waals surface area contributed by atoms with Gasteiger partial charge in [-0.15, -0.1) is 0 Å². The maximum absolute atomic E-state index is 14.6. The third kappa shape index (κ3) is 5.60. The van der Waals surface area contributed by atoms with E-state index in [1.54, 1.807) is 12.1 Å². The van der Waals surface area contributed by atoms with E-state index in [9.17, 15) is 18.8 Å². The molecule has 6 N–H and O–H groups in total. The molecule has 0 spiro atoms. The van der Waals surface area contributed by atoms with Gasteiger partial charge < -0.3 is 31.5 Å². The lowest BCUT2D eigenvalue weighted by atomic mass is 10.0. The first-order valence-electron chi connectivity index (χ1n) is 11.5. The number of primary amides is 1. The van der Waals surface area contributed by atoms with E-state index in [0.29, 0.717) is 36.4 Å². The van der Waals surface area contributed by atoms with Crippen LogP contribution in [0.5, 0.6) is 5.75 Å². The number of carbonyl (C=O) groups excluding carboxylic acids is 3. The molecule has 1 saturated heterocycles. The molecule has 186 valence electrons. The summed E-state index contributed by atoms with van der Waals surface area (Å²) in [6.45, 7) is -0.287. The van der Waals surface area contributed by atoms with E-state index in [1.807, 2.05) is 30.3 Å². The van der Waals surface area contributed by atoms with Crippen LogP contribution >= 0.6 is 0 Å². The lowest BCUT2D eigenvalue weighted by Crippen LogP contribution is -2.50. The monoisotopic (exact) mass is 484 g/mol. The lowest BCUT2D eigenvalue weighted by Gasteiger charge is -2.34. The fourth-order valence-electron chi connectivity index (χ4n) is 4.35. The Bertz CT molecular complexity index is 1130. The second-order valence-corrected chi connectivity index (χ2v) is 8.91. The predicted molar refractivity (Wildman–Crippen MR) is 127 cm³/mol. The molecule has 2 aromatic carbocycles. The van der Waals surface area contributed by atoms with Gasteiger partial charge in [-0.3, -0.25) is 14.4 Å². The first kappa shape index (κ1) is 24.6. The third-order valence-electron chi connectivity index (χ3n) is 6.48. The number of benzene rings is 2. The molecule has 9 nitrogen and oxygen atoms in total. The number of carbonyl (C=O) groups is 3. The van der Waals surface area contributed by atoms with Crippen LogP contribution in [-0.2, 0) is 20.9 Å². The van der Waals surface area contributed by atoms with Crippen LogP contribution in [0.2, 0.25) is 0 Å². The van der Waals surface area contributed by atoms with E-state index in [1.165, 1.54) is 4.90 Å². The topological polar surface area (TPSA) is 148 Å². The van der Waals surface area contributed by atoms with Gasteiger partial charge in [0.1, 0.15) is 18.5 Å². The number of nitrogens with two attached hydrogens (primary N) is 2. The maximum atomic E-state index is 14.6. The number of amides is 3. The van der Waals surface area contributed by atoms with Crippen LogP contribution in [0.1, 0.15) is 18.4 Å². The summed E-state index contributed by atoms with van der Waals surface area (Å²) >= 11 is 0. The largest absolute Gasteiger partial charge is 0.487 e. The number of anilines is 1. The maximum Gasteiger partial charge on any atom is 0.248 e. The number of ether oxygens (including phenoxy) is 1. The third-order valence-corrected chi connectivity index (χ3v) is 6.48. The number of alkyl halides is 1. The Balaban J connectivity index is 1.44. The van der Waals surface area contributed by atoms with Gasteiger partial charge in [0, 0.05) is 30.8 Å². The quantitative estimate of drug-likeness (QED) is 0.442. The van der Waals surface area contributed by atoms with Gasteiger partial charge in [-0.2, -0.15) is 0 Å². The fourth-order valence-corrected chi connectivity index (χ4v) is 4.35. The van der Waals surface area contributed by atoms with Crippen LogP contribution in [0.15, 0.2) is 42.5 Å². The molecule has 2 fully saturated rings. The molecule has 3 amide bonds. The lowest BCUT2D eigenvalue weighted by molar-refractivity contribution is -0.138. The molecular formula is C25H29FN4O5. The van der Waals surface area contributed by atoms with Crippen molar-refractivity contribution in [1.82, 2.24) is 4.90 Å². The van der Waals surface area contributed by atoms with Crippen molar-refractivity contribution >= 4 is 23.4 Å². The van der Waals surface area contributed by atoms with Gasteiger partial charge in [-0.25, -0.2) is 4.39 Å². The minimum absolute atomic E-state index is 0.125. The van der Waals surface area contributed by atoms with Crippen LogP contribution < -0.4 is 21.5 Å². The van der Waals surface area contributed by atoms with Crippen LogP contribution in [0.25, 0.3) is 11.1 Å². The van der Waals surface area contributed by atoms with E-state index < -0.39 is 36.6 Å². The first-order valence-corrected chi connectivity index (χ1v) is 11.5. The minimum atomic E-state index is -1.38. The van der Waals surface area contributed by atoms with Gasteiger partial charge in [0.2, 0.25) is 17.7 Å². The molecule has 1 aliphatic heterocycles. The zero-order valence-electron chi connectivity index (χ0n) is 19.2. The SMILES string of the molecule is NCc1cc(-c2cccc(NC(=O)[C@@H]3C[C@@H]3C(N)=O)c2)ccc1O[C@H]1CCN(C(=O)CO)C[C@H]1F. The van der Waals surface area contributed by atoms with Crippen molar-refractivity contribution in [1.29, 1.82) is 0 Å². The van der Waals surface area contributed by atoms with Crippen LogP contribution in [0, 0.1) is 11.8 Å². The van der Waals surface area contributed by atoms with E-state index in [-0.39, 0.29) is 24.9 Å². The van der Waals surface area contributed by atoms with Gasteiger partial charge in [0.05, 0.1) is 18.4 Å². The van der Waals surface area contributed by atoms with E-state index >= 15 is 0 Å². The normalized spacial score (nSPS) is 23.5. The van der Waals surface area contributed by atoms with Crippen molar-refractivity contribution in [2.24, 2.45) is 23.3 Å². The number of likely N-dealkylation sites (tertiary alicyclic amines) is 1. The molecule has 0 bridgehead atoms. The summed E-state index contributed by atoms with van der Waals surface area (Å²) in [6.07, 6.45) is -1.33. The Morgan fingerprint density at radius 3 is 2.57 bits per heavy atom. The number of piperidine rings is 1. The molecule has 0 radical (unpaired) electrons. The van der Waals surface area contributed by atoms with Gasteiger partial charge in [0.25, 0.3) is 0 Å². The Hall–Kier alpha value is -3.50. The number of halogens is 1. The molecule has 2 aliphatic rings. The predicted octanol–water partition coefficient (Wildman–Crippen LogP) is 1.18. The molecular weight excluding hydrogens is 455 g/mol. The molecule has 10 heteroatoms. The molecule has 0 aromatic heterocycles. The molecule has 4 rings (SSSR count). The number of nitrogens with zero attached hydrogens (tertiary/aromatic N) is 1. The summed E-state index contributed by atoms with van der Waals surface area (Å²) in [5, 5.41) is 11.8. The Kier molecular flexibility index (Phi) is 7.32. The number of nitrogens with one attached hydrogen (secondary N) is 1. The highest BCUT2D eigenvalue weighted by Gasteiger charge is 2.47. The van der Waals surface area contributed by atoms with Gasteiger partial charge >= 0.3 is 0 Å². The molecule has 1 saturated carbocycles. The van der Waals surface area contributed by atoms with Crippen molar-refractivity contribution in [3.63, 3.8) is 0 Å². The zero-order valence-corrected chi connectivity index (χ0v) is 19.2. The summed E-state index contributed by atoms with van der Waals surface area (Å²) in [5.74, 6) is -1.50. The second kappa shape index (κ2) is 10.4. The van der Waals surface area contributed by atoms with E-state index in [0.717, 1.165) is 11.1 Å². The zero-order chi connectivity index (χ0) is 25.1. The summed E-state index contributed by atoms with van der Waals surface area (Å²) in [6, 6.07) is 12.7. The summed E-state index contributed by atoms with van der Waals surface area (Å²) in [5.41, 5.74) is 14.2. The summed E-state index contributed by atoms with van der Waals surface area (Å²) in [4.78, 5) is 36.5. The van der Waals surface area contributed by atoms with Crippen LogP contribution in [0.3, 0.4) is 0 Å². The Morgan fingerprint density at radius 1 is 1.14 bits per heavy atom. The van der Waals surface area contributed by atoms with Crippen LogP contribution in [0.4, 0.5) is 10.1 Å². The molecule has 35 heavy (non-hydrogen) atoms. The number of aliphatic hydroxyl groups excluding tert-OH is 1. The Morgan fingerprint density at radius 2 is 1.91 bits per heavy atom. The van der Waals surface area contributed by atoms with Crippen molar-refractivity contribution < 1.29 is 28.6 Å². The standard InChI is InChI=1S/C25H29FN4O5/c26-20-12-30(23(32)13-31)7-6-22(20)35-21-5-4-15(8-16(21)11-27)14-2-1-3-17(9-14)29-25(34)19-10-18(19)24(28)33/h1-5,8-9,18-20,22,31H,6-7,10-13,27H2,(H2,28,33)(H,29,34)/t18-,19+,20+,22-/m0/s1. The Labute approximate surface area is 202 Å². The van der Waals surface area contributed by atoms with Crippen molar-refractivity contribution in [3.05, 3.63) is 48.0 Å². The number of aliphatic hydroxyl groups is 1. The van der Waals surface area contributed by atoms with Gasteiger partial charge in [0.15, 0.2) is 6.17 Å². The summed E-state index contributed by atoms with van der Waals surface area (Å²) < 4.78 is 20.6. The van der Waals surface area contributed by atoms with E-state index in [2.05, 4.69) is 5.32 Å². The number of rotatable bonds is 8. The molecule has 0 unspecified atom stereocenters. The smallest absolute Gasteiger partial charge is 0.248 e. The van der Waals surface area contributed by atoms with Gasteiger partial charge in [-0.1, -0.05) is 18.2 Å². The number of hydrogen-bond donors (Lipinski definition) is 4. The van der Waals surface area contributed by atoms with Crippen molar-refractivity contribution in [2.75, 3.05) is 25.0 Å². The molecule has 1 aliphatic carbocycles. The van der Waals surface area contributed by atoms with Crippen LogP contribution in [-0.4, -0.2) is 59.7 Å². The molecule has 2 aromatic rings. The summed E-state index contributed by atoms with van der Waals surface area (Å²) in [7, 11) is 0. The molecule has 4 atom stereocenters. The minimum Gasteiger partial charge on any atom is -0.487 e. The highest BCUT2D eigenvalue weighted by molar-refractivity contribution is 5.99. The average Bonchev–Trinajstić information content (AvgIpc) is 3.67. The van der Waals surface area contributed by atoms with Gasteiger partial charge in [-0.05, 0) is 41.8 Å². The highest BCUT2D eigenvalue weighted by atomic mass is 19.1. The van der Waals surface area contributed by atoms with E-state index in [4.69, 9.17) is 21.3 Å². The first-order chi connectivity index (χ1) is 16.8. The van der Waals surface area contributed by atoms with Crippen molar-refractivity contribution in [2.45, 2.75) is 31.7 Å². The number of hydrogen-bond acceptors (Lipinski definition) is 6. The molecule has 1 heterocycles.